The lowest BCUT2D eigenvalue weighted by atomic mass is 10.3. The number of anilines is 1. The van der Waals surface area contributed by atoms with Crippen molar-refractivity contribution in [1.82, 2.24) is 9.97 Å². The van der Waals surface area contributed by atoms with Crippen LogP contribution in [0.25, 0.3) is 0 Å². The summed E-state index contributed by atoms with van der Waals surface area (Å²) in [5.41, 5.74) is 0.864. The maximum Gasteiger partial charge on any atom is 0.144 e. The number of rotatable bonds is 4. The quantitative estimate of drug-likeness (QED) is 0.852. The lowest BCUT2D eigenvalue weighted by Gasteiger charge is -2.08. The number of hydrogen-bond acceptors (Lipinski definition) is 4. The number of benzene rings is 1. The van der Waals surface area contributed by atoms with Crippen LogP contribution in [0, 0.1) is 12.7 Å². The standard InChI is InChI=1S/C13H13BrFN3S/c1-8-12(14)13(16-2)18-11(17-8)7-19-10-6-4-3-5-9(10)15/h3-6H,7H2,1-2H3,(H,16,17,18). The SMILES string of the molecule is CNc1nc(CSc2ccccc2F)nc(C)c1Br. The van der Waals surface area contributed by atoms with Crippen LogP contribution in [0.15, 0.2) is 33.6 Å². The van der Waals surface area contributed by atoms with Gasteiger partial charge in [-0.05, 0) is 35.0 Å². The van der Waals surface area contributed by atoms with Crippen molar-refractivity contribution in [2.45, 2.75) is 17.6 Å². The Bertz CT molecular complexity index is 592. The Kier molecular flexibility index (Phi) is 4.76. The van der Waals surface area contributed by atoms with Crippen LogP contribution < -0.4 is 5.32 Å². The fourth-order valence-corrected chi connectivity index (χ4v) is 2.72. The average molecular weight is 342 g/mol. The molecule has 1 heterocycles. The van der Waals surface area contributed by atoms with Crippen molar-refractivity contribution in [2.75, 3.05) is 12.4 Å². The first-order valence-electron chi connectivity index (χ1n) is 5.70. The van der Waals surface area contributed by atoms with Gasteiger partial charge in [0.05, 0.1) is 15.9 Å². The first-order chi connectivity index (χ1) is 9.11. The van der Waals surface area contributed by atoms with E-state index in [4.69, 9.17) is 0 Å². The minimum Gasteiger partial charge on any atom is -0.372 e. The summed E-state index contributed by atoms with van der Waals surface area (Å²) in [6, 6.07) is 6.71. The number of nitrogens with zero attached hydrogens (tertiary/aromatic N) is 2. The minimum atomic E-state index is -0.213. The van der Waals surface area contributed by atoms with Gasteiger partial charge in [0, 0.05) is 11.9 Å². The normalized spacial score (nSPS) is 10.5. The fourth-order valence-electron chi connectivity index (χ4n) is 1.55. The third-order valence-corrected chi connectivity index (χ3v) is 4.49. The van der Waals surface area contributed by atoms with Crippen LogP contribution in [-0.2, 0) is 5.75 Å². The molecule has 0 atom stereocenters. The number of aryl methyl sites for hydroxylation is 1. The van der Waals surface area contributed by atoms with Gasteiger partial charge >= 0.3 is 0 Å². The maximum atomic E-state index is 13.5. The van der Waals surface area contributed by atoms with Crippen molar-refractivity contribution in [3.8, 4) is 0 Å². The molecule has 19 heavy (non-hydrogen) atoms. The lowest BCUT2D eigenvalue weighted by Crippen LogP contribution is -2.02. The van der Waals surface area contributed by atoms with E-state index in [2.05, 4.69) is 31.2 Å². The molecule has 2 rings (SSSR count). The second-order valence-electron chi connectivity index (χ2n) is 3.86. The van der Waals surface area contributed by atoms with Gasteiger partial charge in [-0.15, -0.1) is 11.8 Å². The summed E-state index contributed by atoms with van der Waals surface area (Å²) < 4.78 is 14.4. The molecular formula is C13H13BrFN3S. The largest absolute Gasteiger partial charge is 0.372 e. The number of nitrogens with one attached hydrogen (secondary N) is 1. The molecule has 0 amide bonds. The zero-order valence-electron chi connectivity index (χ0n) is 10.6. The van der Waals surface area contributed by atoms with Crippen LogP contribution in [0.5, 0.6) is 0 Å². The minimum absolute atomic E-state index is 0.213. The molecule has 0 aliphatic carbocycles. The van der Waals surface area contributed by atoms with E-state index in [0.717, 1.165) is 16.0 Å². The second-order valence-corrected chi connectivity index (χ2v) is 5.67. The van der Waals surface area contributed by atoms with Gasteiger partial charge in [0.2, 0.25) is 0 Å². The average Bonchev–Trinajstić information content (AvgIpc) is 2.41. The Morgan fingerprint density at radius 1 is 1.32 bits per heavy atom. The summed E-state index contributed by atoms with van der Waals surface area (Å²) >= 11 is 4.82. The first-order valence-corrected chi connectivity index (χ1v) is 7.47. The first kappa shape index (κ1) is 14.3. The van der Waals surface area contributed by atoms with Gasteiger partial charge in [0.1, 0.15) is 17.5 Å². The molecule has 6 heteroatoms. The number of halogens is 2. The molecule has 0 radical (unpaired) electrons. The van der Waals surface area contributed by atoms with E-state index in [9.17, 15) is 4.39 Å². The molecule has 100 valence electrons. The number of aromatic nitrogens is 2. The fraction of sp³-hybridized carbons (Fsp3) is 0.231. The van der Waals surface area contributed by atoms with E-state index in [1.54, 1.807) is 19.2 Å². The highest BCUT2D eigenvalue weighted by Gasteiger charge is 2.09. The van der Waals surface area contributed by atoms with Crippen molar-refractivity contribution < 1.29 is 4.39 Å². The van der Waals surface area contributed by atoms with Crippen LogP contribution >= 0.6 is 27.7 Å². The summed E-state index contributed by atoms with van der Waals surface area (Å²) in [5.74, 6) is 1.74. The van der Waals surface area contributed by atoms with E-state index in [1.807, 2.05) is 13.0 Å². The Morgan fingerprint density at radius 3 is 2.74 bits per heavy atom. The molecule has 1 aromatic heterocycles. The smallest absolute Gasteiger partial charge is 0.144 e. The highest BCUT2D eigenvalue weighted by molar-refractivity contribution is 9.10. The number of hydrogen-bond donors (Lipinski definition) is 1. The maximum absolute atomic E-state index is 13.5. The van der Waals surface area contributed by atoms with Crippen molar-refractivity contribution >= 4 is 33.5 Å². The molecule has 0 saturated heterocycles. The van der Waals surface area contributed by atoms with E-state index in [1.165, 1.54) is 17.8 Å². The third kappa shape index (κ3) is 3.45. The molecule has 1 aromatic carbocycles. The van der Waals surface area contributed by atoms with Crippen molar-refractivity contribution in [3.63, 3.8) is 0 Å². The van der Waals surface area contributed by atoms with Gasteiger partial charge in [0.25, 0.3) is 0 Å². The molecule has 0 aliphatic rings. The molecule has 0 spiro atoms. The van der Waals surface area contributed by atoms with E-state index >= 15 is 0 Å². The summed E-state index contributed by atoms with van der Waals surface area (Å²) in [4.78, 5) is 9.38. The van der Waals surface area contributed by atoms with Crippen LogP contribution in [0.3, 0.4) is 0 Å². The molecule has 0 fully saturated rings. The Labute approximate surface area is 124 Å². The Morgan fingerprint density at radius 2 is 2.05 bits per heavy atom. The van der Waals surface area contributed by atoms with Crippen LogP contribution in [0.2, 0.25) is 0 Å². The zero-order chi connectivity index (χ0) is 13.8. The van der Waals surface area contributed by atoms with Crippen molar-refractivity contribution in [3.05, 3.63) is 46.1 Å². The van der Waals surface area contributed by atoms with Gasteiger partial charge in [-0.2, -0.15) is 0 Å². The summed E-state index contributed by atoms with van der Waals surface area (Å²) in [6.07, 6.45) is 0. The molecule has 3 nitrogen and oxygen atoms in total. The second kappa shape index (κ2) is 6.34. The number of thioether (sulfide) groups is 1. The molecule has 0 unspecified atom stereocenters. The molecule has 0 saturated carbocycles. The van der Waals surface area contributed by atoms with Crippen LogP contribution in [-0.4, -0.2) is 17.0 Å². The Hall–Kier alpha value is -1.14. The van der Waals surface area contributed by atoms with Gasteiger partial charge < -0.3 is 5.32 Å². The zero-order valence-corrected chi connectivity index (χ0v) is 13.0. The van der Waals surface area contributed by atoms with Crippen molar-refractivity contribution in [1.29, 1.82) is 0 Å². The van der Waals surface area contributed by atoms with E-state index in [-0.39, 0.29) is 5.82 Å². The van der Waals surface area contributed by atoms with E-state index in [0.29, 0.717) is 16.5 Å². The lowest BCUT2D eigenvalue weighted by molar-refractivity contribution is 0.602. The van der Waals surface area contributed by atoms with E-state index < -0.39 is 0 Å². The molecule has 2 aromatic rings. The monoisotopic (exact) mass is 341 g/mol. The topological polar surface area (TPSA) is 37.8 Å². The molecular weight excluding hydrogens is 329 g/mol. The van der Waals surface area contributed by atoms with Gasteiger partial charge in [-0.25, -0.2) is 14.4 Å². The Balaban J connectivity index is 2.16. The summed E-state index contributed by atoms with van der Waals surface area (Å²) in [6.45, 7) is 1.91. The predicted molar refractivity (Wildman–Crippen MR) is 80.0 cm³/mol. The summed E-state index contributed by atoms with van der Waals surface area (Å²) in [7, 11) is 1.81. The molecule has 1 N–H and O–H groups in total. The summed E-state index contributed by atoms with van der Waals surface area (Å²) in [5, 5.41) is 3.00. The molecule has 0 bridgehead atoms. The van der Waals surface area contributed by atoms with Gasteiger partial charge in [0.15, 0.2) is 0 Å². The van der Waals surface area contributed by atoms with Crippen LogP contribution in [0.1, 0.15) is 11.5 Å². The predicted octanol–water partition coefficient (Wildman–Crippen LogP) is 4.02. The van der Waals surface area contributed by atoms with Gasteiger partial charge in [-0.3, -0.25) is 0 Å². The van der Waals surface area contributed by atoms with Crippen molar-refractivity contribution in [2.24, 2.45) is 0 Å². The highest BCUT2D eigenvalue weighted by atomic mass is 79.9. The molecule has 0 aliphatic heterocycles. The highest BCUT2D eigenvalue weighted by Crippen LogP contribution is 2.27. The third-order valence-electron chi connectivity index (χ3n) is 2.49. The van der Waals surface area contributed by atoms with Crippen LogP contribution in [0.4, 0.5) is 10.2 Å². The van der Waals surface area contributed by atoms with Gasteiger partial charge in [-0.1, -0.05) is 12.1 Å².